The normalized spacial score (nSPS) is 10.6. The summed E-state index contributed by atoms with van der Waals surface area (Å²) in [6, 6.07) is 8.45. The number of benzene rings is 1. The minimum absolute atomic E-state index is 0.147. The predicted octanol–water partition coefficient (Wildman–Crippen LogP) is 2.11. The Bertz CT molecular complexity index is 749. The van der Waals surface area contributed by atoms with Crippen LogP contribution in [0.4, 0.5) is 0 Å². The van der Waals surface area contributed by atoms with Crippen LogP contribution in [0.15, 0.2) is 30.3 Å². The predicted molar refractivity (Wildman–Crippen MR) is 90.6 cm³/mol. The zero-order valence-electron chi connectivity index (χ0n) is 14.2. The van der Waals surface area contributed by atoms with E-state index >= 15 is 0 Å². The third-order valence-electron chi connectivity index (χ3n) is 3.90. The highest BCUT2D eigenvalue weighted by Crippen LogP contribution is 2.19. The first-order valence-corrected chi connectivity index (χ1v) is 7.66. The summed E-state index contributed by atoms with van der Waals surface area (Å²) in [6.45, 7) is 4.95. The monoisotopic (exact) mass is 330 g/mol. The number of ketones is 1. The number of nitrogens with two attached hydrogens (primary N) is 1. The number of para-hydroxylation sites is 1. The smallest absolute Gasteiger partial charge is 0.252 e. The molecule has 0 radical (unpaired) electrons. The number of hydrogen-bond acceptors (Lipinski definition) is 4. The Morgan fingerprint density at radius 3 is 2.54 bits per heavy atom. The van der Waals surface area contributed by atoms with Crippen LogP contribution in [0.3, 0.4) is 0 Å². The van der Waals surface area contributed by atoms with E-state index in [1.165, 1.54) is 0 Å². The molecule has 0 atom stereocenters. The summed E-state index contributed by atoms with van der Waals surface area (Å²) in [4.78, 5) is 23.9. The topological polar surface area (TPSA) is 83.6 Å². The van der Waals surface area contributed by atoms with Crippen molar-refractivity contribution in [2.24, 2.45) is 5.73 Å². The van der Waals surface area contributed by atoms with Crippen LogP contribution in [0.25, 0.3) is 0 Å². The molecule has 128 valence electrons. The number of rotatable bonds is 8. The van der Waals surface area contributed by atoms with Gasteiger partial charge in [-0.05, 0) is 32.0 Å². The fourth-order valence-electron chi connectivity index (χ4n) is 2.63. The second-order valence-corrected chi connectivity index (χ2v) is 5.50. The Morgan fingerprint density at radius 1 is 1.17 bits per heavy atom. The Balaban J connectivity index is 2.13. The molecular formula is C18H22N2O4. The van der Waals surface area contributed by atoms with Gasteiger partial charge >= 0.3 is 0 Å². The molecule has 2 aromatic rings. The Kier molecular flexibility index (Phi) is 5.76. The minimum Gasteiger partial charge on any atom is -0.485 e. The number of hydrogen-bond donors (Lipinski definition) is 1. The zero-order chi connectivity index (χ0) is 17.7. The molecule has 2 rings (SSSR count). The van der Waals surface area contributed by atoms with Crippen LogP contribution in [0.1, 0.15) is 32.1 Å². The quantitative estimate of drug-likeness (QED) is 0.751. The summed E-state index contributed by atoms with van der Waals surface area (Å²) in [5.41, 5.74) is 8.05. The maximum absolute atomic E-state index is 12.5. The maximum atomic E-state index is 12.5. The summed E-state index contributed by atoms with van der Waals surface area (Å²) in [5, 5.41) is 0. The molecule has 0 aliphatic rings. The molecule has 2 N–H and O–H groups in total. The third kappa shape index (κ3) is 3.83. The van der Waals surface area contributed by atoms with Crippen molar-refractivity contribution in [2.75, 3.05) is 20.3 Å². The first kappa shape index (κ1) is 17.7. The van der Waals surface area contributed by atoms with Gasteiger partial charge in [0.05, 0.1) is 12.2 Å². The Hall–Kier alpha value is -2.60. The number of Topliss-reactive ketones (excluding diaryl/α,β-unsaturated/α-hetero) is 1. The third-order valence-corrected chi connectivity index (χ3v) is 3.90. The van der Waals surface area contributed by atoms with Gasteiger partial charge in [0.15, 0.2) is 6.61 Å². The second-order valence-electron chi connectivity index (χ2n) is 5.50. The average molecular weight is 330 g/mol. The average Bonchev–Trinajstić information content (AvgIpc) is 2.85. The lowest BCUT2D eigenvalue weighted by Crippen LogP contribution is -2.17. The molecule has 0 saturated carbocycles. The van der Waals surface area contributed by atoms with E-state index in [0.29, 0.717) is 24.5 Å². The molecule has 0 bridgehead atoms. The molecule has 6 nitrogen and oxygen atoms in total. The van der Waals surface area contributed by atoms with Crippen molar-refractivity contribution in [3.8, 4) is 5.75 Å². The van der Waals surface area contributed by atoms with Crippen LogP contribution in [-0.4, -0.2) is 36.6 Å². The van der Waals surface area contributed by atoms with Crippen molar-refractivity contribution >= 4 is 11.7 Å². The van der Waals surface area contributed by atoms with Gasteiger partial charge in [-0.25, -0.2) is 0 Å². The number of carbonyl (C=O) groups is 2. The van der Waals surface area contributed by atoms with Gasteiger partial charge in [-0.3, -0.25) is 9.59 Å². The largest absolute Gasteiger partial charge is 0.485 e. The maximum Gasteiger partial charge on any atom is 0.252 e. The number of ether oxygens (including phenoxy) is 2. The molecule has 1 heterocycles. The zero-order valence-corrected chi connectivity index (χ0v) is 14.2. The van der Waals surface area contributed by atoms with Crippen molar-refractivity contribution in [1.82, 2.24) is 4.57 Å². The number of aryl methyl sites for hydroxylation is 1. The van der Waals surface area contributed by atoms with Gasteiger partial charge in [0.2, 0.25) is 5.78 Å². The Labute approximate surface area is 141 Å². The van der Waals surface area contributed by atoms with Gasteiger partial charge < -0.3 is 19.8 Å². The fourth-order valence-corrected chi connectivity index (χ4v) is 2.63. The van der Waals surface area contributed by atoms with Gasteiger partial charge in [0, 0.05) is 30.6 Å². The van der Waals surface area contributed by atoms with Gasteiger partial charge in [-0.15, -0.1) is 0 Å². The number of amides is 1. The summed E-state index contributed by atoms with van der Waals surface area (Å²) in [7, 11) is 1.64. The van der Waals surface area contributed by atoms with Crippen molar-refractivity contribution < 1.29 is 19.1 Å². The van der Waals surface area contributed by atoms with E-state index in [1.807, 2.05) is 24.5 Å². The standard InChI is InChI=1S/C18H22N2O4/c1-12-10-15(13(2)20(12)8-9-23-3)16(21)11-24-17-7-5-4-6-14(17)18(19)22/h4-7,10H,8-9,11H2,1-3H3,(H2,19,22). The number of primary amides is 1. The van der Waals surface area contributed by atoms with Crippen molar-refractivity contribution in [2.45, 2.75) is 20.4 Å². The summed E-state index contributed by atoms with van der Waals surface area (Å²) < 4.78 is 12.6. The lowest BCUT2D eigenvalue weighted by atomic mass is 10.1. The van der Waals surface area contributed by atoms with Gasteiger partial charge in [-0.1, -0.05) is 12.1 Å². The highest BCUT2D eigenvalue weighted by atomic mass is 16.5. The van der Waals surface area contributed by atoms with Crippen LogP contribution in [-0.2, 0) is 11.3 Å². The van der Waals surface area contributed by atoms with Crippen LogP contribution >= 0.6 is 0 Å². The van der Waals surface area contributed by atoms with Crippen LogP contribution in [0, 0.1) is 13.8 Å². The van der Waals surface area contributed by atoms with Crippen molar-refractivity contribution in [1.29, 1.82) is 0 Å². The van der Waals surface area contributed by atoms with E-state index < -0.39 is 5.91 Å². The van der Waals surface area contributed by atoms with E-state index in [9.17, 15) is 9.59 Å². The Morgan fingerprint density at radius 2 is 1.88 bits per heavy atom. The van der Waals surface area contributed by atoms with Crippen LogP contribution in [0.2, 0.25) is 0 Å². The van der Waals surface area contributed by atoms with E-state index in [1.54, 1.807) is 31.4 Å². The van der Waals surface area contributed by atoms with E-state index in [4.69, 9.17) is 15.2 Å². The number of carbonyl (C=O) groups excluding carboxylic acids is 2. The molecule has 0 saturated heterocycles. The number of methoxy groups -OCH3 is 1. The molecule has 1 amide bonds. The van der Waals surface area contributed by atoms with Gasteiger partial charge in [0.25, 0.3) is 5.91 Å². The molecule has 1 aromatic carbocycles. The van der Waals surface area contributed by atoms with E-state index in [-0.39, 0.29) is 18.0 Å². The minimum atomic E-state index is -0.587. The lowest BCUT2D eigenvalue weighted by molar-refractivity contribution is 0.0911. The molecule has 0 fully saturated rings. The highest BCUT2D eigenvalue weighted by Gasteiger charge is 2.17. The molecule has 0 aliphatic heterocycles. The lowest BCUT2D eigenvalue weighted by Gasteiger charge is -2.10. The van der Waals surface area contributed by atoms with Crippen molar-refractivity contribution in [3.63, 3.8) is 0 Å². The first-order valence-electron chi connectivity index (χ1n) is 7.66. The fraction of sp³-hybridized carbons (Fsp3) is 0.333. The number of nitrogens with zero attached hydrogens (tertiary/aromatic N) is 1. The number of aromatic nitrogens is 1. The van der Waals surface area contributed by atoms with Crippen LogP contribution < -0.4 is 10.5 Å². The first-order chi connectivity index (χ1) is 11.5. The molecule has 0 unspecified atom stereocenters. The van der Waals surface area contributed by atoms with E-state index in [2.05, 4.69) is 0 Å². The summed E-state index contributed by atoms with van der Waals surface area (Å²) >= 11 is 0. The van der Waals surface area contributed by atoms with Crippen LogP contribution in [0.5, 0.6) is 5.75 Å². The van der Waals surface area contributed by atoms with Gasteiger partial charge in [-0.2, -0.15) is 0 Å². The highest BCUT2D eigenvalue weighted by molar-refractivity contribution is 5.99. The second kappa shape index (κ2) is 7.79. The summed E-state index contributed by atoms with van der Waals surface area (Å²) in [6.07, 6.45) is 0. The molecule has 0 aliphatic carbocycles. The van der Waals surface area contributed by atoms with E-state index in [0.717, 1.165) is 11.4 Å². The van der Waals surface area contributed by atoms with Gasteiger partial charge in [0.1, 0.15) is 5.75 Å². The molecule has 1 aromatic heterocycles. The molecule has 0 spiro atoms. The SMILES string of the molecule is COCCn1c(C)cc(C(=O)COc2ccccc2C(N)=O)c1C. The molecule has 24 heavy (non-hydrogen) atoms. The molecule has 6 heteroatoms. The summed E-state index contributed by atoms with van der Waals surface area (Å²) in [5.74, 6) is -0.423. The molecular weight excluding hydrogens is 308 g/mol. The van der Waals surface area contributed by atoms with Crippen molar-refractivity contribution in [3.05, 3.63) is 52.8 Å².